The predicted molar refractivity (Wildman–Crippen MR) is 130 cm³/mol. The molecule has 6 fully saturated rings. The van der Waals surface area contributed by atoms with E-state index < -0.39 is 5.97 Å². The first kappa shape index (κ1) is 21.1. The molecule has 8 rings (SSSR count). The molecule has 0 radical (unpaired) electrons. The molecule has 5 atom stereocenters. The summed E-state index contributed by atoms with van der Waals surface area (Å²) >= 11 is 0. The van der Waals surface area contributed by atoms with Gasteiger partial charge in [0, 0.05) is 23.7 Å². The standard InChI is InChI=1S/C28H35N3O3/c1-2-34-27(33)25-26(32)30(24-9-4-3-8-23(24)29-25)22-13-20-6-5-7-21(14-22)31(20)28-15-17-10-18(16-28)12-19(28)11-17/h3-4,8-9,17-22H,2,5-7,10-16H2,1H3/t17?,18?,19?,20-,21+,22+,28?. The van der Waals surface area contributed by atoms with E-state index in [1.807, 2.05) is 28.8 Å². The average Bonchev–Trinajstić information content (AvgIpc) is 3.22. The fraction of sp³-hybridized carbons (Fsp3) is 0.679. The average molecular weight is 462 g/mol. The molecule has 0 N–H and O–H groups in total. The number of esters is 1. The SMILES string of the molecule is CCOC(=O)c1nc2ccccc2n([C@H]2C[C@H]3CCC[C@@H](C2)N3C23CC4CC(CC2C4)C3)c1=O. The highest BCUT2D eigenvalue weighted by Crippen LogP contribution is 2.65. The Morgan fingerprint density at radius 1 is 1.03 bits per heavy atom. The Morgan fingerprint density at radius 3 is 2.44 bits per heavy atom. The number of nitrogens with zero attached hydrogens (tertiary/aromatic N) is 3. The smallest absolute Gasteiger partial charge is 0.362 e. The van der Waals surface area contributed by atoms with Gasteiger partial charge in [0.15, 0.2) is 0 Å². The molecule has 6 bridgehead atoms. The van der Waals surface area contributed by atoms with Crippen molar-refractivity contribution < 1.29 is 9.53 Å². The van der Waals surface area contributed by atoms with Gasteiger partial charge in [-0.05, 0) is 94.6 Å². The minimum Gasteiger partial charge on any atom is -0.461 e. The number of piperidine rings is 2. The lowest BCUT2D eigenvalue weighted by Crippen LogP contribution is -2.63. The summed E-state index contributed by atoms with van der Waals surface area (Å²) in [5.74, 6) is 2.20. The number of hydrogen-bond donors (Lipinski definition) is 0. The number of fused-ring (bicyclic) bond motifs is 3. The Bertz CT molecular complexity index is 1180. The molecule has 6 nitrogen and oxygen atoms in total. The zero-order valence-corrected chi connectivity index (χ0v) is 20.1. The molecule has 2 aromatic rings. The van der Waals surface area contributed by atoms with Gasteiger partial charge >= 0.3 is 5.97 Å². The van der Waals surface area contributed by atoms with E-state index in [-0.39, 0.29) is 23.9 Å². The van der Waals surface area contributed by atoms with Crippen LogP contribution in [0.5, 0.6) is 0 Å². The van der Waals surface area contributed by atoms with Crippen molar-refractivity contribution in [2.45, 2.75) is 94.8 Å². The number of aromatic nitrogens is 2. The Balaban J connectivity index is 1.28. The van der Waals surface area contributed by atoms with Crippen LogP contribution in [-0.4, -0.2) is 44.6 Å². The second kappa shape index (κ2) is 7.64. The molecule has 6 aliphatic rings. The van der Waals surface area contributed by atoms with Crippen LogP contribution >= 0.6 is 0 Å². The van der Waals surface area contributed by atoms with E-state index in [4.69, 9.17) is 4.74 Å². The number of para-hydroxylation sites is 2. The van der Waals surface area contributed by atoms with E-state index in [9.17, 15) is 9.59 Å². The largest absolute Gasteiger partial charge is 0.461 e. The van der Waals surface area contributed by atoms with E-state index in [0.717, 1.165) is 36.1 Å². The van der Waals surface area contributed by atoms with Crippen molar-refractivity contribution in [3.05, 3.63) is 40.3 Å². The second-order valence-corrected chi connectivity index (χ2v) is 11.8. The maximum absolute atomic E-state index is 13.7. The third kappa shape index (κ3) is 2.93. The Kier molecular flexibility index (Phi) is 4.74. The summed E-state index contributed by atoms with van der Waals surface area (Å²) in [7, 11) is 0. The summed E-state index contributed by atoms with van der Waals surface area (Å²) in [6.07, 6.45) is 13.0. The lowest BCUT2D eigenvalue weighted by Gasteiger charge is -2.58. The summed E-state index contributed by atoms with van der Waals surface area (Å²) in [5.41, 5.74) is 1.63. The molecule has 4 saturated carbocycles. The summed E-state index contributed by atoms with van der Waals surface area (Å²) in [6, 6.07) is 8.95. The van der Waals surface area contributed by atoms with Gasteiger partial charge in [0.1, 0.15) is 0 Å². The van der Waals surface area contributed by atoms with Crippen LogP contribution in [0.4, 0.5) is 0 Å². The van der Waals surface area contributed by atoms with Gasteiger partial charge in [-0.1, -0.05) is 18.6 Å². The number of rotatable bonds is 4. The lowest BCUT2D eigenvalue weighted by atomic mass is 9.73. The molecule has 2 unspecified atom stereocenters. The molecule has 34 heavy (non-hydrogen) atoms. The maximum Gasteiger partial charge on any atom is 0.362 e. The van der Waals surface area contributed by atoms with Crippen molar-refractivity contribution in [2.24, 2.45) is 17.8 Å². The van der Waals surface area contributed by atoms with Crippen LogP contribution in [0, 0.1) is 17.8 Å². The van der Waals surface area contributed by atoms with Gasteiger partial charge in [-0.3, -0.25) is 9.69 Å². The quantitative estimate of drug-likeness (QED) is 0.617. The normalized spacial score (nSPS) is 38.5. The molecule has 180 valence electrons. The minimum absolute atomic E-state index is 0.0709. The number of carbonyl (C=O) groups is 1. The summed E-state index contributed by atoms with van der Waals surface area (Å²) in [5, 5.41) is 0. The molecule has 0 amide bonds. The van der Waals surface area contributed by atoms with Crippen LogP contribution in [0.25, 0.3) is 11.0 Å². The zero-order chi connectivity index (χ0) is 23.0. The number of ether oxygens (including phenoxy) is 1. The van der Waals surface area contributed by atoms with E-state index in [1.165, 1.54) is 51.4 Å². The Morgan fingerprint density at radius 2 is 1.74 bits per heavy atom. The minimum atomic E-state index is -0.609. The van der Waals surface area contributed by atoms with Crippen molar-refractivity contribution in [3.63, 3.8) is 0 Å². The topological polar surface area (TPSA) is 64.4 Å². The highest BCUT2D eigenvalue weighted by molar-refractivity contribution is 5.89. The molecule has 2 aliphatic heterocycles. The molecule has 0 spiro atoms. The highest BCUT2D eigenvalue weighted by Gasteiger charge is 2.63. The molecule has 4 aliphatic carbocycles. The van der Waals surface area contributed by atoms with Gasteiger partial charge in [0.25, 0.3) is 5.56 Å². The van der Waals surface area contributed by atoms with E-state index in [2.05, 4.69) is 9.88 Å². The number of benzene rings is 1. The molecule has 6 heteroatoms. The molecule has 2 saturated heterocycles. The molecule has 3 heterocycles. The van der Waals surface area contributed by atoms with Crippen LogP contribution in [0.1, 0.15) is 87.7 Å². The molecule has 1 aromatic carbocycles. The zero-order valence-electron chi connectivity index (χ0n) is 20.1. The van der Waals surface area contributed by atoms with E-state index in [1.54, 1.807) is 6.92 Å². The predicted octanol–water partition coefficient (Wildman–Crippen LogP) is 4.71. The van der Waals surface area contributed by atoms with Crippen molar-refractivity contribution in [1.29, 1.82) is 0 Å². The van der Waals surface area contributed by atoms with Crippen molar-refractivity contribution >= 4 is 17.0 Å². The van der Waals surface area contributed by atoms with Crippen LogP contribution in [0.3, 0.4) is 0 Å². The first-order valence-electron chi connectivity index (χ1n) is 13.5. The van der Waals surface area contributed by atoms with Gasteiger partial charge in [0.05, 0.1) is 17.6 Å². The fourth-order valence-corrected chi connectivity index (χ4v) is 9.31. The van der Waals surface area contributed by atoms with Crippen LogP contribution in [0.15, 0.2) is 29.1 Å². The second-order valence-electron chi connectivity index (χ2n) is 11.8. The molecule has 1 aromatic heterocycles. The lowest BCUT2D eigenvalue weighted by molar-refractivity contribution is -0.0816. The van der Waals surface area contributed by atoms with Crippen molar-refractivity contribution in [2.75, 3.05) is 6.61 Å². The Labute approximate surface area is 200 Å². The van der Waals surface area contributed by atoms with Gasteiger partial charge in [0.2, 0.25) is 5.69 Å². The van der Waals surface area contributed by atoms with Crippen LogP contribution in [-0.2, 0) is 4.74 Å². The van der Waals surface area contributed by atoms with E-state index in [0.29, 0.717) is 23.1 Å². The maximum atomic E-state index is 13.7. The first-order chi connectivity index (χ1) is 16.6. The van der Waals surface area contributed by atoms with Crippen molar-refractivity contribution in [3.8, 4) is 0 Å². The van der Waals surface area contributed by atoms with Crippen LogP contribution < -0.4 is 5.56 Å². The van der Waals surface area contributed by atoms with Gasteiger partial charge < -0.3 is 9.30 Å². The summed E-state index contributed by atoms with van der Waals surface area (Å²) < 4.78 is 7.11. The first-order valence-corrected chi connectivity index (χ1v) is 13.5. The fourth-order valence-electron chi connectivity index (χ4n) is 9.31. The highest BCUT2D eigenvalue weighted by atomic mass is 16.5. The monoisotopic (exact) mass is 461 g/mol. The van der Waals surface area contributed by atoms with E-state index >= 15 is 0 Å². The van der Waals surface area contributed by atoms with Crippen molar-refractivity contribution in [1.82, 2.24) is 14.5 Å². The van der Waals surface area contributed by atoms with Gasteiger partial charge in [-0.15, -0.1) is 0 Å². The molecular formula is C28H35N3O3. The molecular weight excluding hydrogens is 426 g/mol. The van der Waals surface area contributed by atoms with Gasteiger partial charge in [-0.25, -0.2) is 9.78 Å². The Hall–Kier alpha value is -2.21. The summed E-state index contributed by atoms with van der Waals surface area (Å²) in [4.78, 5) is 33.7. The van der Waals surface area contributed by atoms with Crippen LogP contribution in [0.2, 0.25) is 0 Å². The van der Waals surface area contributed by atoms with Gasteiger partial charge in [-0.2, -0.15) is 0 Å². The number of hydrogen-bond acceptors (Lipinski definition) is 5. The number of carbonyl (C=O) groups excluding carboxylic acids is 1. The summed E-state index contributed by atoms with van der Waals surface area (Å²) in [6.45, 7) is 2.00. The third-order valence-corrected chi connectivity index (χ3v) is 10.0. The third-order valence-electron chi connectivity index (χ3n) is 10.0.